The predicted octanol–water partition coefficient (Wildman–Crippen LogP) is 7.11. The van der Waals surface area contributed by atoms with Gasteiger partial charge in [0.1, 0.15) is 23.5 Å². The minimum absolute atomic E-state index is 0.149. The van der Waals surface area contributed by atoms with Crippen LogP contribution in [0.4, 0.5) is 17.3 Å². The number of nitrogens with one attached hydrogen (secondary N) is 1. The van der Waals surface area contributed by atoms with Crippen LogP contribution >= 0.6 is 11.6 Å². The topological polar surface area (TPSA) is 63.2 Å². The fourth-order valence-corrected chi connectivity index (χ4v) is 4.50. The predicted molar refractivity (Wildman–Crippen MR) is 146 cm³/mol. The SMILES string of the molecule is CC(C)c1ccc(Nc2cc(N3CCC(Oc4cccc(Cl)c4)CC3)nc(-c3cccnc3)n2)cc1. The lowest BCUT2D eigenvalue weighted by molar-refractivity contribution is 0.171. The van der Waals surface area contributed by atoms with Crippen LogP contribution in [0.25, 0.3) is 11.4 Å². The van der Waals surface area contributed by atoms with Gasteiger partial charge in [0.2, 0.25) is 0 Å². The van der Waals surface area contributed by atoms with E-state index in [-0.39, 0.29) is 6.10 Å². The summed E-state index contributed by atoms with van der Waals surface area (Å²) in [6.45, 7) is 6.08. The van der Waals surface area contributed by atoms with Gasteiger partial charge in [0.25, 0.3) is 0 Å². The zero-order valence-corrected chi connectivity index (χ0v) is 21.3. The third-order valence-electron chi connectivity index (χ3n) is 6.35. The Bertz CT molecular complexity index is 1290. The van der Waals surface area contributed by atoms with Gasteiger partial charge in [-0.3, -0.25) is 4.98 Å². The van der Waals surface area contributed by atoms with Crippen molar-refractivity contribution in [3.63, 3.8) is 0 Å². The van der Waals surface area contributed by atoms with Crippen LogP contribution in [0.1, 0.15) is 38.2 Å². The maximum absolute atomic E-state index is 6.18. The van der Waals surface area contributed by atoms with E-state index in [4.69, 9.17) is 26.3 Å². The number of aromatic nitrogens is 3. The zero-order chi connectivity index (χ0) is 24.9. The van der Waals surface area contributed by atoms with E-state index < -0.39 is 0 Å². The van der Waals surface area contributed by atoms with Crippen molar-refractivity contribution in [2.45, 2.75) is 38.7 Å². The number of rotatable bonds is 7. The van der Waals surface area contributed by atoms with E-state index in [0.29, 0.717) is 16.8 Å². The molecule has 0 saturated carbocycles. The van der Waals surface area contributed by atoms with Crippen LogP contribution < -0.4 is 15.0 Å². The second kappa shape index (κ2) is 11.0. The second-order valence-corrected chi connectivity index (χ2v) is 9.78. The Kier molecular flexibility index (Phi) is 7.33. The molecule has 5 rings (SSSR count). The van der Waals surface area contributed by atoms with Crippen LogP contribution in [0.2, 0.25) is 5.02 Å². The number of pyridine rings is 1. The maximum atomic E-state index is 6.18. The van der Waals surface area contributed by atoms with Crippen molar-refractivity contribution in [2.75, 3.05) is 23.3 Å². The highest BCUT2D eigenvalue weighted by Crippen LogP contribution is 2.28. The molecule has 1 aliphatic heterocycles. The summed E-state index contributed by atoms with van der Waals surface area (Å²) < 4.78 is 6.18. The quantitative estimate of drug-likeness (QED) is 0.292. The average molecular weight is 500 g/mol. The van der Waals surface area contributed by atoms with Crippen LogP contribution in [-0.4, -0.2) is 34.1 Å². The standard InChI is InChI=1S/C29H30ClN5O/c1-20(2)21-8-10-24(11-9-21)32-27-18-28(34-29(33-27)22-5-4-14-31-19-22)35-15-12-25(13-16-35)36-26-7-3-6-23(30)17-26/h3-11,14,17-20,25H,12-13,15-16H2,1-2H3,(H,32,33,34). The van der Waals surface area contributed by atoms with Gasteiger partial charge in [-0.05, 0) is 53.9 Å². The summed E-state index contributed by atoms with van der Waals surface area (Å²) in [6.07, 6.45) is 5.51. The number of ether oxygens (including phenoxy) is 1. The summed E-state index contributed by atoms with van der Waals surface area (Å²) in [7, 11) is 0. The summed E-state index contributed by atoms with van der Waals surface area (Å²) in [6, 6.07) is 22.0. The summed E-state index contributed by atoms with van der Waals surface area (Å²) >= 11 is 6.11. The molecule has 1 N–H and O–H groups in total. The number of hydrogen-bond acceptors (Lipinski definition) is 6. The van der Waals surface area contributed by atoms with E-state index >= 15 is 0 Å². The molecule has 1 aliphatic rings. The van der Waals surface area contributed by atoms with Gasteiger partial charge < -0.3 is 15.0 Å². The summed E-state index contributed by atoms with van der Waals surface area (Å²) in [5.74, 6) is 3.61. The highest BCUT2D eigenvalue weighted by atomic mass is 35.5. The molecule has 3 heterocycles. The molecule has 36 heavy (non-hydrogen) atoms. The van der Waals surface area contributed by atoms with Gasteiger partial charge >= 0.3 is 0 Å². The number of hydrogen-bond donors (Lipinski definition) is 1. The molecular formula is C29H30ClN5O. The van der Waals surface area contributed by atoms with Crippen molar-refractivity contribution >= 4 is 28.9 Å². The first-order valence-electron chi connectivity index (χ1n) is 12.4. The number of anilines is 3. The first kappa shape index (κ1) is 24.1. The average Bonchev–Trinajstić information content (AvgIpc) is 2.90. The largest absolute Gasteiger partial charge is 0.490 e. The lowest BCUT2D eigenvalue weighted by atomic mass is 10.0. The molecular weight excluding hydrogens is 470 g/mol. The molecule has 1 saturated heterocycles. The molecule has 0 atom stereocenters. The lowest BCUT2D eigenvalue weighted by Gasteiger charge is -2.33. The molecule has 0 spiro atoms. The second-order valence-electron chi connectivity index (χ2n) is 9.34. The Hall–Kier alpha value is -3.64. The molecule has 2 aromatic carbocycles. The van der Waals surface area contributed by atoms with E-state index in [1.807, 2.05) is 42.5 Å². The van der Waals surface area contributed by atoms with Crippen molar-refractivity contribution in [1.29, 1.82) is 0 Å². The van der Waals surface area contributed by atoms with E-state index in [1.54, 1.807) is 12.4 Å². The minimum Gasteiger partial charge on any atom is -0.490 e. The molecule has 4 aromatic rings. The number of benzene rings is 2. The molecule has 0 unspecified atom stereocenters. The monoisotopic (exact) mass is 499 g/mol. The smallest absolute Gasteiger partial charge is 0.165 e. The Balaban J connectivity index is 1.35. The molecule has 0 aliphatic carbocycles. The Morgan fingerprint density at radius 1 is 0.972 bits per heavy atom. The first-order chi connectivity index (χ1) is 17.5. The molecule has 0 radical (unpaired) electrons. The minimum atomic E-state index is 0.149. The van der Waals surface area contributed by atoms with Gasteiger partial charge in [0, 0.05) is 60.7 Å². The Labute approximate surface area is 217 Å². The zero-order valence-electron chi connectivity index (χ0n) is 20.6. The molecule has 6 nitrogen and oxygen atoms in total. The van der Waals surface area contributed by atoms with Crippen LogP contribution in [0.5, 0.6) is 5.75 Å². The first-order valence-corrected chi connectivity index (χ1v) is 12.7. The molecule has 0 bridgehead atoms. The van der Waals surface area contributed by atoms with E-state index in [1.165, 1.54) is 5.56 Å². The normalized spacial score (nSPS) is 14.2. The van der Waals surface area contributed by atoms with Crippen molar-refractivity contribution in [3.05, 3.63) is 89.7 Å². The summed E-state index contributed by atoms with van der Waals surface area (Å²) in [5.41, 5.74) is 3.19. The van der Waals surface area contributed by atoms with Crippen LogP contribution in [0.3, 0.4) is 0 Å². The van der Waals surface area contributed by atoms with E-state index in [2.05, 4.69) is 53.3 Å². The van der Waals surface area contributed by atoms with Gasteiger partial charge in [-0.15, -0.1) is 0 Å². The molecule has 0 amide bonds. The highest BCUT2D eigenvalue weighted by molar-refractivity contribution is 6.30. The van der Waals surface area contributed by atoms with Crippen molar-refractivity contribution in [1.82, 2.24) is 15.0 Å². The molecule has 184 valence electrons. The van der Waals surface area contributed by atoms with Crippen molar-refractivity contribution in [3.8, 4) is 17.1 Å². The Morgan fingerprint density at radius 3 is 2.47 bits per heavy atom. The van der Waals surface area contributed by atoms with Gasteiger partial charge in [-0.1, -0.05) is 43.6 Å². The van der Waals surface area contributed by atoms with Crippen LogP contribution in [0.15, 0.2) is 79.1 Å². The van der Waals surface area contributed by atoms with Gasteiger partial charge in [0.05, 0.1) is 0 Å². The third-order valence-corrected chi connectivity index (χ3v) is 6.58. The van der Waals surface area contributed by atoms with Gasteiger partial charge in [-0.25, -0.2) is 9.97 Å². The Morgan fingerprint density at radius 2 is 1.78 bits per heavy atom. The van der Waals surface area contributed by atoms with Crippen molar-refractivity contribution < 1.29 is 4.74 Å². The van der Waals surface area contributed by atoms with Crippen LogP contribution in [0, 0.1) is 0 Å². The third kappa shape index (κ3) is 5.94. The van der Waals surface area contributed by atoms with E-state index in [9.17, 15) is 0 Å². The number of piperidine rings is 1. The fourth-order valence-electron chi connectivity index (χ4n) is 4.32. The van der Waals surface area contributed by atoms with E-state index in [0.717, 1.165) is 54.6 Å². The number of nitrogens with zero attached hydrogens (tertiary/aromatic N) is 4. The van der Waals surface area contributed by atoms with Gasteiger partial charge in [-0.2, -0.15) is 0 Å². The molecule has 7 heteroatoms. The molecule has 2 aromatic heterocycles. The summed E-state index contributed by atoms with van der Waals surface area (Å²) in [5, 5.41) is 4.16. The van der Waals surface area contributed by atoms with Crippen molar-refractivity contribution in [2.24, 2.45) is 0 Å². The highest BCUT2D eigenvalue weighted by Gasteiger charge is 2.23. The fraction of sp³-hybridized carbons (Fsp3) is 0.276. The number of halogens is 1. The van der Waals surface area contributed by atoms with Gasteiger partial charge in [0.15, 0.2) is 5.82 Å². The summed E-state index contributed by atoms with van der Waals surface area (Å²) in [4.78, 5) is 16.3. The molecule has 1 fully saturated rings. The van der Waals surface area contributed by atoms with Crippen LogP contribution in [-0.2, 0) is 0 Å². The lowest BCUT2D eigenvalue weighted by Crippen LogP contribution is -2.38. The maximum Gasteiger partial charge on any atom is 0.165 e.